The summed E-state index contributed by atoms with van der Waals surface area (Å²) < 4.78 is 19.9. The van der Waals surface area contributed by atoms with Crippen molar-refractivity contribution in [1.82, 2.24) is 15.2 Å². The Hall–Kier alpha value is -1.76. The van der Waals surface area contributed by atoms with Gasteiger partial charge in [-0.3, -0.25) is 4.98 Å². The number of halogens is 2. The Morgan fingerprint density at radius 1 is 1.35 bits per heavy atom. The normalized spacial score (nSPS) is 16.5. The third kappa shape index (κ3) is 5.13. The van der Waals surface area contributed by atoms with Crippen molar-refractivity contribution < 1.29 is 9.13 Å². The second kappa shape index (κ2) is 9.26. The molecule has 1 aromatic heterocycles. The van der Waals surface area contributed by atoms with E-state index in [0.29, 0.717) is 28.8 Å². The van der Waals surface area contributed by atoms with Gasteiger partial charge in [-0.05, 0) is 48.8 Å². The Morgan fingerprint density at radius 2 is 2.23 bits per heavy atom. The van der Waals surface area contributed by atoms with Gasteiger partial charge in [-0.25, -0.2) is 4.39 Å². The quantitative estimate of drug-likeness (QED) is 0.752. The molecule has 26 heavy (non-hydrogen) atoms. The molecule has 4 nitrogen and oxygen atoms in total. The minimum Gasteiger partial charge on any atom is -0.376 e. The molecule has 1 N–H and O–H groups in total. The molecule has 1 aliphatic rings. The van der Waals surface area contributed by atoms with Crippen LogP contribution in [0.1, 0.15) is 24.0 Å². The van der Waals surface area contributed by atoms with E-state index in [0.717, 1.165) is 25.0 Å². The van der Waals surface area contributed by atoms with Crippen molar-refractivity contribution in [2.45, 2.75) is 32.0 Å². The van der Waals surface area contributed by atoms with E-state index in [4.69, 9.17) is 28.6 Å². The van der Waals surface area contributed by atoms with Gasteiger partial charge in [0, 0.05) is 49.2 Å². The van der Waals surface area contributed by atoms with Crippen LogP contribution in [0.5, 0.6) is 0 Å². The monoisotopic (exact) mass is 393 g/mol. The van der Waals surface area contributed by atoms with E-state index in [-0.39, 0.29) is 18.5 Å². The van der Waals surface area contributed by atoms with Crippen LogP contribution in [0.15, 0.2) is 42.7 Å². The van der Waals surface area contributed by atoms with Gasteiger partial charge in [-0.15, -0.1) is 0 Å². The molecule has 0 bridgehead atoms. The topological polar surface area (TPSA) is 37.4 Å². The van der Waals surface area contributed by atoms with Gasteiger partial charge in [-0.1, -0.05) is 23.7 Å². The number of hydrogen-bond acceptors (Lipinski definition) is 3. The maximum atomic E-state index is 14.2. The number of benzene rings is 1. The van der Waals surface area contributed by atoms with Gasteiger partial charge in [0.15, 0.2) is 5.11 Å². The van der Waals surface area contributed by atoms with Crippen LogP contribution < -0.4 is 5.32 Å². The predicted molar refractivity (Wildman–Crippen MR) is 104 cm³/mol. The molecule has 0 spiro atoms. The Morgan fingerprint density at radius 3 is 2.92 bits per heavy atom. The number of rotatable bonds is 6. The highest BCUT2D eigenvalue weighted by Gasteiger charge is 2.19. The van der Waals surface area contributed by atoms with E-state index in [1.165, 1.54) is 6.07 Å². The summed E-state index contributed by atoms with van der Waals surface area (Å²) in [7, 11) is 0. The Kier molecular flexibility index (Phi) is 6.77. The zero-order valence-electron chi connectivity index (χ0n) is 14.3. The van der Waals surface area contributed by atoms with Crippen molar-refractivity contribution in [2.75, 3.05) is 13.2 Å². The lowest BCUT2D eigenvalue weighted by Gasteiger charge is -2.27. The summed E-state index contributed by atoms with van der Waals surface area (Å²) in [4.78, 5) is 6.03. The molecule has 0 unspecified atom stereocenters. The summed E-state index contributed by atoms with van der Waals surface area (Å²) in [5.74, 6) is -0.337. The molecular formula is C19H21ClFN3OS. The molecule has 138 valence electrons. The summed E-state index contributed by atoms with van der Waals surface area (Å²) in [5, 5.41) is 4.19. The van der Waals surface area contributed by atoms with Crippen LogP contribution >= 0.6 is 23.8 Å². The molecule has 0 amide bonds. The van der Waals surface area contributed by atoms with Crippen LogP contribution in [0.4, 0.5) is 4.39 Å². The van der Waals surface area contributed by atoms with E-state index in [9.17, 15) is 4.39 Å². The molecule has 1 aliphatic heterocycles. The standard InChI is InChI=1S/C19H21ClFN3OS/c20-17-6-1-7-18(21)16(17)13-24(12-14-4-2-8-22-10-14)19(26)23-11-15-5-3-9-25-15/h1-2,4,6-8,10,15H,3,5,9,11-13H2,(H,23,26)/t15-/m0/s1. The summed E-state index contributed by atoms with van der Waals surface area (Å²) in [5.41, 5.74) is 1.42. The molecule has 1 atom stereocenters. The van der Waals surface area contributed by atoms with Crippen LogP contribution in [-0.2, 0) is 17.8 Å². The lowest BCUT2D eigenvalue weighted by atomic mass is 10.2. The number of ether oxygens (including phenoxy) is 1. The fourth-order valence-corrected chi connectivity index (χ4v) is 3.34. The minimum atomic E-state index is -0.337. The summed E-state index contributed by atoms with van der Waals surface area (Å²) in [6.07, 6.45) is 5.76. The number of nitrogens with one attached hydrogen (secondary N) is 1. The van der Waals surface area contributed by atoms with Gasteiger partial charge in [0.25, 0.3) is 0 Å². The van der Waals surface area contributed by atoms with E-state index in [1.54, 1.807) is 24.5 Å². The minimum absolute atomic E-state index is 0.172. The summed E-state index contributed by atoms with van der Waals surface area (Å²) in [6.45, 7) is 2.23. The first-order chi connectivity index (χ1) is 12.6. The van der Waals surface area contributed by atoms with Crippen LogP contribution in [0.3, 0.4) is 0 Å². The van der Waals surface area contributed by atoms with Crippen molar-refractivity contribution in [3.63, 3.8) is 0 Å². The number of thiocarbonyl (C=S) groups is 1. The smallest absolute Gasteiger partial charge is 0.169 e. The number of nitrogens with zero attached hydrogens (tertiary/aromatic N) is 2. The van der Waals surface area contributed by atoms with Gasteiger partial charge in [-0.2, -0.15) is 0 Å². The van der Waals surface area contributed by atoms with Gasteiger partial charge in [0.2, 0.25) is 0 Å². The first-order valence-corrected chi connectivity index (χ1v) is 9.38. The lowest BCUT2D eigenvalue weighted by Crippen LogP contribution is -2.42. The van der Waals surface area contributed by atoms with Gasteiger partial charge >= 0.3 is 0 Å². The van der Waals surface area contributed by atoms with Crippen LogP contribution in [-0.4, -0.2) is 34.3 Å². The van der Waals surface area contributed by atoms with Crippen molar-refractivity contribution in [1.29, 1.82) is 0 Å². The fraction of sp³-hybridized carbons (Fsp3) is 0.368. The molecular weight excluding hydrogens is 373 g/mol. The van der Waals surface area contributed by atoms with Crippen LogP contribution in [0.2, 0.25) is 5.02 Å². The van der Waals surface area contributed by atoms with Gasteiger partial charge in [0.05, 0.1) is 6.10 Å². The molecule has 0 aliphatic carbocycles. The lowest BCUT2D eigenvalue weighted by molar-refractivity contribution is 0.113. The average Bonchev–Trinajstić information content (AvgIpc) is 3.16. The Balaban J connectivity index is 1.73. The first kappa shape index (κ1) is 19.0. The zero-order valence-corrected chi connectivity index (χ0v) is 15.9. The summed E-state index contributed by atoms with van der Waals surface area (Å²) >= 11 is 11.8. The molecule has 2 heterocycles. The van der Waals surface area contributed by atoms with E-state index in [1.807, 2.05) is 17.0 Å². The molecule has 1 fully saturated rings. The molecule has 0 saturated carbocycles. The molecule has 0 radical (unpaired) electrons. The van der Waals surface area contributed by atoms with E-state index >= 15 is 0 Å². The number of aromatic nitrogens is 1. The number of pyridine rings is 1. The predicted octanol–water partition coefficient (Wildman–Crippen LogP) is 3.93. The second-order valence-electron chi connectivity index (χ2n) is 6.24. The van der Waals surface area contributed by atoms with Crippen molar-refractivity contribution in [3.05, 3.63) is 64.7 Å². The first-order valence-electron chi connectivity index (χ1n) is 8.59. The zero-order chi connectivity index (χ0) is 18.4. The van der Waals surface area contributed by atoms with E-state index in [2.05, 4.69) is 10.3 Å². The fourth-order valence-electron chi connectivity index (χ4n) is 2.90. The Bertz CT molecular complexity index is 721. The average molecular weight is 394 g/mol. The third-order valence-corrected chi connectivity index (χ3v) is 5.06. The Labute approximate surface area is 163 Å². The highest BCUT2D eigenvalue weighted by atomic mass is 35.5. The highest BCUT2D eigenvalue weighted by Crippen LogP contribution is 2.22. The molecule has 3 rings (SSSR count). The molecule has 2 aromatic rings. The van der Waals surface area contributed by atoms with Crippen molar-refractivity contribution in [2.24, 2.45) is 0 Å². The molecule has 1 saturated heterocycles. The highest BCUT2D eigenvalue weighted by molar-refractivity contribution is 7.80. The van der Waals surface area contributed by atoms with Gasteiger partial charge < -0.3 is 15.0 Å². The summed E-state index contributed by atoms with van der Waals surface area (Å²) in [6, 6.07) is 8.52. The van der Waals surface area contributed by atoms with Crippen LogP contribution in [0.25, 0.3) is 0 Å². The van der Waals surface area contributed by atoms with Crippen molar-refractivity contribution >= 4 is 28.9 Å². The molecule has 7 heteroatoms. The largest absolute Gasteiger partial charge is 0.376 e. The van der Waals surface area contributed by atoms with Gasteiger partial charge in [0.1, 0.15) is 5.82 Å². The van der Waals surface area contributed by atoms with E-state index < -0.39 is 0 Å². The van der Waals surface area contributed by atoms with Crippen LogP contribution in [0, 0.1) is 5.82 Å². The molecule has 1 aromatic carbocycles. The SMILES string of the molecule is Fc1cccc(Cl)c1CN(Cc1cccnc1)C(=S)NC[C@@H]1CCCO1. The van der Waals surface area contributed by atoms with Crippen molar-refractivity contribution in [3.8, 4) is 0 Å². The third-order valence-electron chi connectivity index (χ3n) is 4.30. The second-order valence-corrected chi connectivity index (χ2v) is 7.03. The number of hydrogen-bond donors (Lipinski definition) is 1. The maximum Gasteiger partial charge on any atom is 0.169 e. The maximum absolute atomic E-state index is 14.2.